The van der Waals surface area contributed by atoms with E-state index in [9.17, 15) is 25.9 Å². The van der Waals surface area contributed by atoms with Crippen molar-refractivity contribution in [3.63, 3.8) is 0 Å². The number of ether oxygens (including phenoxy) is 1. The van der Waals surface area contributed by atoms with Crippen molar-refractivity contribution in [2.75, 3.05) is 77.9 Å². The van der Waals surface area contributed by atoms with E-state index in [0.29, 0.717) is 59.0 Å². The van der Waals surface area contributed by atoms with Gasteiger partial charge in [0.15, 0.2) is 0 Å². The zero-order valence-electron chi connectivity index (χ0n) is 15.2. The van der Waals surface area contributed by atoms with Gasteiger partial charge in [0, 0.05) is 58.4 Å². The van der Waals surface area contributed by atoms with E-state index in [2.05, 4.69) is 0 Å². The lowest BCUT2D eigenvalue weighted by molar-refractivity contribution is 0.0160. The van der Waals surface area contributed by atoms with Crippen LogP contribution in [-0.4, -0.2) is 135 Å². The predicted octanol–water partition coefficient (Wildman–Crippen LogP) is -2.56. The molecule has 2 atom stereocenters. The summed E-state index contributed by atoms with van der Waals surface area (Å²) in [6.45, 7) is 4.16. The van der Waals surface area contributed by atoms with E-state index in [1.807, 2.05) is 9.80 Å². The van der Waals surface area contributed by atoms with Crippen LogP contribution in [0.4, 0.5) is 0 Å². The Kier molecular flexibility index (Phi) is 8.39. The van der Waals surface area contributed by atoms with Crippen LogP contribution in [0, 0.1) is 0 Å². The van der Waals surface area contributed by atoms with Crippen LogP contribution in [0.1, 0.15) is 0 Å². The summed E-state index contributed by atoms with van der Waals surface area (Å²) in [4.78, 5) is 5.53. The Labute approximate surface area is 160 Å². The Balaban J connectivity index is 2.15. The fraction of sp³-hybridized carbons (Fsp3) is 1.00. The summed E-state index contributed by atoms with van der Waals surface area (Å²) in [6.07, 6.45) is 0. The van der Waals surface area contributed by atoms with E-state index in [-0.39, 0.29) is 13.2 Å². The van der Waals surface area contributed by atoms with Gasteiger partial charge in [-0.25, -0.2) is 0 Å². The summed E-state index contributed by atoms with van der Waals surface area (Å²) >= 11 is 0. The summed E-state index contributed by atoms with van der Waals surface area (Å²) in [5, 5.41) is 7.62. The van der Waals surface area contributed by atoms with Gasteiger partial charge < -0.3 is 9.84 Å². The van der Waals surface area contributed by atoms with Crippen molar-refractivity contribution >= 4 is 20.2 Å². The third kappa shape index (κ3) is 7.51. The molecule has 2 rings (SSSR count). The number of nitrogens with zero attached hydrogens (tertiary/aromatic N) is 3. The van der Waals surface area contributed by atoms with Gasteiger partial charge in [0.05, 0.1) is 25.6 Å². The Morgan fingerprint density at radius 2 is 1.44 bits per heavy atom. The second kappa shape index (κ2) is 9.89. The van der Waals surface area contributed by atoms with Gasteiger partial charge in [0.25, 0.3) is 20.2 Å². The zero-order valence-corrected chi connectivity index (χ0v) is 16.8. The lowest BCUT2D eigenvalue weighted by atomic mass is 10.1. The minimum absolute atomic E-state index is 0.0384. The maximum Gasteiger partial charge on any atom is 0.270 e. The number of rotatable bonds is 9. The van der Waals surface area contributed by atoms with Crippen LogP contribution in [0.2, 0.25) is 0 Å². The summed E-state index contributed by atoms with van der Waals surface area (Å²) in [5.74, 6) is -0.776. The van der Waals surface area contributed by atoms with Gasteiger partial charge in [0.1, 0.15) is 5.25 Å². The van der Waals surface area contributed by atoms with Crippen LogP contribution in [0.15, 0.2) is 0 Å². The van der Waals surface area contributed by atoms with Gasteiger partial charge in [0.2, 0.25) is 0 Å². The Morgan fingerprint density at radius 1 is 0.889 bits per heavy atom. The quantitative estimate of drug-likeness (QED) is 0.331. The molecule has 0 spiro atoms. The van der Waals surface area contributed by atoms with Crippen LogP contribution in [0.5, 0.6) is 0 Å². The maximum absolute atomic E-state index is 12.1. The first-order valence-corrected chi connectivity index (χ1v) is 12.0. The molecule has 3 N–H and O–H groups in total. The highest BCUT2D eigenvalue weighted by Crippen LogP contribution is 2.18. The van der Waals surface area contributed by atoms with Crippen molar-refractivity contribution in [1.29, 1.82) is 0 Å². The van der Waals surface area contributed by atoms with E-state index >= 15 is 0 Å². The van der Waals surface area contributed by atoms with Crippen molar-refractivity contribution < 1.29 is 35.8 Å². The molecule has 0 radical (unpaired) electrons. The first-order chi connectivity index (χ1) is 12.6. The van der Waals surface area contributed by atoms with Crippen LogP contribution in [0.25, 0.3) is 0 Å². The highest BCUT2D eigenvalue weighted by atomic mass is 32.2. The van der Waals surface area contributed by atoms with Gasteiger partial charge in [-0.15, -0.1) is 0 Å². The van der Waals surface area contributed by atoms with E-state index in [4.69, 9.17) is 9.84 Å². The first-order valence-electron chi connectivity index (χ1n) is 8.89. The number of morpholine rings is 1. The second-order valence-electron chi connectivity index (χ2n) is 6.88. The summed E-state index contributed by atoms with van der Waals surface area (Å²) < 4.78 is 71.6. The third-order valence-corrected chi connectivity index (χ3v) is 7.02. The van der Waals surface area contributed by atoms with Gasteiger partial charge >= 0.3 is 0 Å². The predicted molar refractivity (Wildman–Crippen MR) is 97.9 cm³/mol. The Bertz CT molecular complexity index is 658. The van der Waals surface area contributed by atoms with Gasteiger partial charge in [-0.3, -0.25) is 23.8 Å². The van der Waals surface area contributed by atoms with Gasteiger partial charge in [-0.05, 0) is 0 Å². The Morgan fingerprint density at radius 3 is 1.93 bits per heavy atom. The highest BCUT2D eigenvalue weighted by molar-refractivity contribution is 7.87. The normalized spacial score (nSPS) is 24.0. The van der Waals surface area contributed by atoms with Crippen molar-refractivity contribution in [1.82, 2.24) is 14.7 Å². The molecule has 0 aromatic heterocycles. The lowest BCUT2D eigenvalue weighted by Crippen LogP contribution is -2.58. The molecule has 2 heterocycles. The number of aliphatic hydroxyl groups is 1. The number of β-amino-alcohol motifs (C(OH)–C–C–N with tert-alkyl or cyclic N) is 1. The number of piperazine rings is 1. The van der Waals surface area contributed by atoms with Gasteiger partial charge in [-0.1, -0.05) is 0 Å². The second-order valence-corrected chi connectivity index (χ2v) is 10.0. The monoisotopic (exact) mass is 431 g/mol. The summed E-state index contributed by atoms with van der Waals surface area (Å²) in [5.41, 5.74) is 0. The average Bonchev–Trinajstić information content (AvgIpc) is 2.58. The molecule has 0 aliphatic carbocycles. The van der Waals surface area contributed by atoms with E-state index in [1.54, 1.807) is 4.90 Å². The van der Waals surface area contributed by atoms with Crippen LogP contribution >= 0.6 is 0 Å². The lowest BCUT2D eigenvalue weighted by Gasteiger charge is -2.40. The van der Waals surface area contributed by atoms with Crippen molar-refractivity contribution in [3.8, 4) is 0 Å². The van der Waals surface area contributed by atoms with Gasteiger partial charge in [-0.2, -0.15) is 16.8 Å². The molecule has 160 valence electrons. The molecular formula is C14H29N3O8S2. The van der Waals surface area contributed by atoms with Crippen LogP contribution < -0.4 is 0 Å². The molecule has 0 aromatic carbocycles. The maximum atomic E-state index is 12.1. The standard InChI is InChI=1S/C14H29N3O8S2/c18-8-5-15-1-3-16(4-2-15)11-14(27(22,23)24)13(12-26(19,20)21)17-6-9-25-10-7-17/h13-14,18H,1-12H2,(H,19,20,21)(H,22,23,24). The topological polar surface area (TPSA) is 148 Å². The summed E-state index contributed by atoms with van der Waals surface area (Å²) in [6, 6.07) is -1.07. The molecule has 2 unspecified atom stereocenters. The van der Waals surface area contributed by atoms with Crippen molar-refractivity contribution in [3.05, 3.63) is 0 Å². The molecule has 0 saturated carbocycles. The van der Waals surface area contributed by atoms with E-state index in [1.165, 1.54) is 0 Å². The van der Waals surface area contributed by atoms with Crippen LogP contribution in [-0.2, 0) is 25.0 Å². The Hall–Kier alpha value is -0.380. The van der Waals surface area contributed by atoms with Crippen molar-refractivity contribution in [2.45, 2.75) is 11.3 Å². The molecule has 11 nitrogen and oxygen atoms in total. The summed E-state index contributed by atoms with van der Waals surface area (Å²) in [7, 11) is -9.01. The zero-order chi connectivity index (χ0) is 20.1. The first kappa shape index (κ1) is 22.9. The molecule has 13 heteroatoms. The largest absolute Gasteiger partial charge is 0.395 e. The number of hydrogen-bond donors (Lipinski definition) is 3. The molecule has 2 saturated heterocycles. The smallest absolute Gasteiger partial charge is 0.270 e. The van der Waals surface area contributed by atoms with E-state index < -0.39 is 37.3 Å². The minimum Gasteiger partial charge on any atom is -0.395 e. The fourth-order valence-electron chi connectivity index (χ4n) is 3.58. The SMILES string of the molecule is O=S(=O)(O)CC(C(CN1CCN(CCO)CC1)S(=O)(=O)O)N1CCOCC1. The van der Waals surface area contributed by atoms with Crippen molar-refractivity contribution in [2.24, 2.45) is 0 Å². The molecular weight excluding hydrogens is 402 g/mol. The molecule has 27 heavy (non-hydrogen) atoms. The fourth-order valence-corrected chi connectivity index (χ4v) is 5.64. The number of aliphatic hydroxyl groups excluding tert-OH is 1. The molecule has 0 bridgehead atoms. The highest BCUT2D eigenvalue weighted by Gasteiger charge is 2.40. The molecule has 0 aromatic rings. The molecule has 0 amide bonds. The minimum atomic E-state index is -4.56. The van der Waals surface area contributed by atoms with Crippen LogP contribution in [0.3, 0.4) is 0 Å². The third-order valence-electron chi connectivity index (χ3n) is 5.03. The molecule has 2 fully saturated rings. The average molecular weight is 432 g/mol. The number of hydrogen-bond acceptors (Lipinski definition) is 9. The van der Waals surface area contributed by atoms with E-state index in [0.717, 1.165) is 0 Å². The molecule has 2 aliphatic heterocycles. The molecule has 2 aliphatic rings.